The first kappa shape index (κ1) is 39.2. The summed E-state index contributed by atoms with van der Waals surface area (Å²) in [7, 11) is 0. The first-order chi connectivity index (χ1) is 25.3. The maximum atomic E-state index is 6.72. The molecule has 0 aliphatic heterocycles. The van der Waals surface area contributed by atoms with E-state index in [1.54, 1.807) is 0 Å². The van der Waals surface area contributed by atoms with Gasteiger partial charge in [0.05, 0.1) is 5.69 Å². The molecule has 0 fully saturated rings. The Morgan fingerprint density at radius 2 is 1.50 bits per heavy atom. The van der Waals surface area contributed by atoms with Gasteiger partial charge in [-0.15, -0.1) is 41.3 Å². The van der Waals surface area contributed by atoms with E-state index in [0.29, 0.717) is 23.3 Å². The molecule has 4 aromatic carbocycles. The van der Waals surface area contributed by atoms with Crippen LogP contribution in [0.1, 0.15) is 114 Å². The van der Waals surface area contributed by atoms with E-state index in [1.165, 1.54) is 27.8 Å². The minimum absolute atomic E-state index is 0. The topological polar surface area (TPSA) is 44.9 Å². The number of fused-ring (bicyclic) bond motifs is 3. The molecule has 0 N–H and O–H groups in total. The van der Waals surface area contributed by atoms with Crippen LogP contribution in [0.15, 0.2) is 85.1 Å². The van der Waals surface area contributed by atoms with Crippen LogP contribution in [0.2, 0.25) is 0 Å². The van der Waals surface area contributed by atoms with Crippen LogP contribution in [0, 0.1) is 26.0 Å². The maximum absolute atomic E-state index is 6.72. The van der Waals surface area contributed by atoms with Crippen LogP contribution in [-0.4, -0.2) is 19.3 Å². The summed E-state index contributed by atoms with van der Waals surface area (Å²) in [6.07, 6.45) is 5.26. The molecule has 0 unspecified atom stereocenters. The van der Waals surface area contributed by atoms with Crippen molar-refractivity contribution in [3.63, 3.8) is 0 Å². The molecule has 0 radical (unpaired) electrons. The molecule has 0 bridgehead atoms. The Morgan fingerprint density at radius 3 is 2.19 bits per heavy atom. The van der Waals surface area contributed by atoms with Gasteiger partial charge < -0.3 is 9.30 Å². The summed E-state index contributed by atoms with van der Waals surface area (Å²) in [5, 5.41) is 7.45. The molecule has 280 valence electrons. The predicted molar refractivity (Wildman–Crippen MR) is 220 cm³/mol. The van der Waals surface area contributed by atoms with Crippen molar-refractivity contribution in [1.29, 1.82) is 0 Å². The fraction of sp³-hybridized carbons (Fsp3) is 0.333. The third-order valence-electron chi connectivity index (χ3n) is 10.5. The molecule has 3 aromatic heterocycles. The molecule has 0 saturated carbocycles. The molecule has 5 nitrogen and oxygen atoms in total. The molecule has 0 saturated heterocycles. The van der Waals surface area contributed by atoms with E-state index in [1.807, 2.05) is 12.3 Å². The number of hydrogen-bond acceptors (Lipinski definition) is 3. The zero-order valence-electron chi connectivity index (χ0n) is 33.4. The van der Waals surface area contributed by atoms with Crippen molar-refractivity contribution in [2.45, 2.75) is 106 Å². The summed E-state index contributed by atoms with van der Waals surface area (Å²) in [5.41, 5.74) is 12.5. The fourth-order valence-corrected chi connectivity index (χ4v) is 7.62. The Balaban J connectivity index is 0.00000497. The zero-order chi connectivity index (χ0) is 37.6. The second-order valence-corrected chi connectivity index (χ2v) is 16.1. The van der Waals surface area contributed by atoms with Gasteiger partial charge in [-0.05, 0) is 95.5 Å². The SMILES string of the molecule is CCCCc1ccnc(-n2c3[c-]c(Oc4[c-]c(-n5nc(C)c(-c6c(C(C)C)cccc6C(C)C)c5C)cc(C(C)(C)C)c4)ccc3c3ccccc32)c1.[Pd+2]. The van der Waals surface area contributed by atoms with E-state index < -0.39 is 0 Å². The van der Waals surface area contributed by atoms with Crippen molar-refractivity contribution in [1.82, 2.24) is 19.3 Å². The van der Waals surface area contributed by atoms with Crippen LogP contribution in [-0.2, 0) is 32.3 Å². The second-order valence-electron chi connectivity index (χ2n) is 16.1. The number of nitrogens with zero attached hydrogens (tertiary/aromatic N) is 4. The van der Waals surface area contributed by atoms with Gasteiger partial charge >= 0.3 is 20.4 Å². The van der Waals surface area contributed by atoms with Crippen molar-refractivity contribution in [3.05, 3.63) is 131 Å². The van der Waals surface area contributed by atoms with Gasteiger partial charge in [0.1, 0.15) is 5.82 Å². The molecule has 54 heavy (non-hydrogen) atoms. The number of ether oxygens (including phenoxy) is 1. The van der Waals surface area contributed by atoms with Crippen LogP contribution in [0.3, 0.4) is 0 Å². The van der Waals surface area contributed by atoms with Crippen molar-refractivity contribution < 1.29 is 25.2 Å². The third kappa shape index (κ3) is 7.44. The van der Waals surface area contributed by atoms with E-state index in [2.05, 4.69) is 163 Å². The van der Waals surface area contributed by atoms with Gasteiger partial charge in [0.25, 0.3) is 0 Å². The predicted octanol–water partition coefficient (Wildman–Crippen LogP) is 12.9. The monoisotopic (exact) mass is 806 g/mol. The number of hydrogen-bond donors (Lipinski definition) is 0. The van der Waals surface area contributed by atoms with Gasteiger partial charge in [0.15, 0.2) is 0 Å². The number of pyridine rings is 1. The summed E-state index contributed by atoms with van der Waals surface area (Å²) < 4.78 is 11.0. The number of aromatic nitrogens is 4. The first-order valence-corrected chi connectivity index (χ1v) is 19.2. The molecule has 7 rings (SSSR count). The van der Waals surface area contributed by atoms with Crippen molar-refractivity contribution >= 4 is 21.8 Å². The van der Waals surface area contributed by atoms with Crippen LogP contribution in [0.25, 0.3) is 44.4 Å². The summed E-state index contributed by atoms with van der Waals surface area (Å²) in [5.74, 6) is 2.91. The third-order valence-corrected chi connectivity index (χ3v) is 10.5. The molecular weight excluding hydrogens is 755 g/mol. The van der Waals surface area contributed by atoms with E-state index in [9.17, 15) is 0 Å². The standard InChI is InChI=1S/C48H52N4O.Pd/c1-11-12-16-34-23-24-49-45(25-34)51-43-20-14-13-17-41(43)42-22-21-37(29-44(42)51)53-38-27-35(48(8,9)10)26-36(28-38)52-33(7)46(32(6)50-52)47-39(30(2)3)18-15-19-40(47)31(4)5;/h13-15,17-27,30-31H,11-12,16H2,1-10H3;/q-2;+2. The normalized spacial score (nSPS) is 11.9. The van der Waals surface area contributed by atoms with Gasteiger partial charge in [-0.25, -0.2) is 4.98 Å². The molecule has 0 spiro atoms. The van der Waals surface area contributed by atoms with E-state index in [4.69, 9.17) is 14.8 Å². The first-order valence-electron chi connectivity index (χ1n) is 19.2. The minimum Gasteiger partial charge on any atom is -0.509 e. The average Bonchev–Trinajstić information content (AvgIpc) is 3.62. The Kier molecular flexibility index (Phi) is 11.4. The van der Waals surface area contributed by atoms with Crippen LogP contribution in [0.4, 0.5) is 0 Å². The molecule has 3 heterocycles. The van der Waals surface area contributed by atoms with Crippen LogP contribution >= 0.6 is 0 Å². The van der Waals surface area contributed by atoms with Gasteiger partial charge in [0, 0.05) is 34.5 Å². The van der Waals surface area contributed by atoms with Crippen molar-refractivity contribution in [2.24, 2.45) is 0 Å². The number of rotatable bonds is 10. The Hall–Kier alpha value is -4.50. The smallest absolute Gasteiger partial charge is 0.509 e. The van der Waals surface area contributed by atoms with E-state index in [-0.39, 0.29) is 25.8 Å². The molecule has 7 aromatic rings. The molecule has 0 amide bonds. The zero-order valence-corrected chi connectivity index (χ0v) is 34.9. The Labute approximate surface area is 335 Å². The minimum atomic E-state index is -0.134. The van der Waals surface area contributed by atoms with Gasteiger partial charge in [-0.3, -0.25) is 4.68 Å². The largest absolute Gasteiger partial charge is 2.00 e. The second kappa shape index (κ2) is 15.7. The van der Waals surface area contributed by atoms with E-state index in [0.717, 1.165) is 69.5 Å². The maximum Gasteiger partial charge on any atom is 2.00 e. The van der Waals surface area contributed by atoms with Gasteiger partial charge in [-0.1, -0.05) is 104 Å². The van der Waals surface area contributed by atoms with Gasteiger partial charge in [0.2, 0.25) is 0 Å². The Bertz CT molecular complexity index is 2420. The number of unbranched alkanes of at least 4 members (excludes halogenated alkanes) is 1. The van der Waals surface area contributed by atoms with Gasteiger partial charge in [-0.2, -0.15) is 11.2 Å². The fourth-order valence-electron chi connectivity index (χ4n) is 7.62. The molecule has 0 atom stereocenters. The number of para-hydroxylation sites is 1. The molecular formula is C48H52N4OPd. The summed E-state index contributed by atoms with van der Waals surface area (Å²) in [4.78, 5) is 4.84. The van der Waals surface area contributed by atoms with Crippen molar-refractivity contribution in [2.75, 3.05) is 0 Å². The molecule has 0 aliphatic rings. The van der Waals surface area contributed by atoms with Crippen LogP contribution in [0.5, 0.6) is 11.5 Å². The van der Waals surface area contributed by atoms with Crippen molar-refractivity contribution in [3.8, 4) is 34.1 Å². The average molecular weight is 807 g/mol. The quantitative estimate of drug-likeness (QED) is 0.102. The summed E-state index contributed by atoms with van der Waals surface area (Å²) >= 11 is 0. The Morgan fingerprint density at radius 1 is 0.778 bits per heavy atom. The van der Waals surface area contributed by atoms with Crippen LogP contribution < -0.4 is 4.74 Å². The molecule has 0 aliphatic carbocycles. The molecule has 6 heteroatoms. The summed E-state index contributed by atoms with van der Waals surface area (Å²) in [6, 6.07) is 35.3. The van der Waals surface area contributed by atoms with E-state index >= 15 is 0 Å². The number of benzene rings is 4. The summed E-state index contributed by atoms with van der Waals surface area (Å²) in [6.45, 7) is 22.3. The number of aryl methyl sites for hydroxylation is 2.